The van der Waals surface area contributed by atoms with Crippen LogP contribution in [0.2, 0.25) is 0 Å². The van der Waals surface area contributed by atoms with Gasteiger partial charge in [-0.25, -0.2) is 13.1 Å². The number of benzene rings is 2. The smallest absolute Gasteiger partial charge is 0.419 e. The fourth-order valence-corrected chi connectivity index (χ4v) is 3.14. The lowest BCUT2D eigenvalue weighted by Crippen LogP contribution is -2.36. The van der Waals surface area contributed by atoms with E-state index in [1.807, 2.05) is 0 Å². The minimum absolute atomic E-state index is 0.0465. The van der Waals surface area contributed by atoms with E-state index in [1.54, 1.807) is 18.2 Å². The van der Waals surface area contributed by atoms with Crippen LogP contribution in [-0.2, 0) is 21.0 Å². The maximum absolute atomic E-state index is 12.8. The highest BCUT2D eigenvalue weighted by Gasteiger charge is 2.34. The monoisotopic (exact) mass is 402 g/mol. The summed E-state index contributed by atoms with van der Waals surface area (Å²) in [6, 6.07) is 12.2. The van der Waals surface area contributed by atoms with Crippen LogP contribution in [0.1, 0.15) is 5.56 Å². The molecular formula is C17H17F3N2O4S. The molecule has 0 atom stereocenters. The van der Waals surface area contributed by atoms with Gasteiger partial charge in [-0.15, -0.1) is 0 Å². The van der Waals surface area contributed by atoms with E-state index < -0.39 is 40.0 Å². The number of carbonyl (C=O) groups is 1. The molecule has 0 fully saturated rings. The average molecular weight is 402 g/mol. The predicted octanol–water partition coefficient (Wildman–Crippen LogP) is 2.18. The van der Waals surface area contributed by atoms with E-state index >= 15 is 0 Å². The van der Waals surface area contributed by atoms with Gasteiger partial charge in [-0.1, -0.05) is 30.3 Å². The number of rotatable bonds is 8. The van der Waals surface area contributed by atoms with Gasteiger partial charge in [-0.2, -0.15) is 13.2 Å². The van der Waals surface area contributed by atoms with Gasteiger partial charge in [-0.3, -0.25) is 4.79 Å². The van der Waals surface area contributed by atoms with Crippen LogP contribution in [0.5, 0.6) is 5.75 Å². The maximum atomic E-state index is 12.8. The molecule has 0 unspecified atom stereocenters. The lowest BCUT2D eigenvalue weighted by molar-refractivity contribution is -0.139. The minimum Gasteiger partial charge on any atom is -0.483 e. The Morgan fingerprint density at radius 3 is 2.26 bits per heavy atom. The highest BCUT2D eigenvalue weighted by molar-refractivity contribution is 7.89. The van der Waals surface area contributed by atoms with Gasteiger partial charge in [0.05, 0.1) is 10.5 Å². The number of hydrogen-bond acceptors (Lipinski definition) is 4. The van der Waals surface area contributed by atoms with Crippen LogP contribution in [0.25, 0.3) is 0 Å². The van der Waals surface area contributed by atoms with E-state index in [2.05, 4.69) is 10.0 Å². The molecule has 6 nitrogen and oxygen atoms in total. The van der Waals surface area contributed by atoms with Crippen LogP contribution in [0, 0.1) is 0 Å². The summed E-state index contributed by atoms with van der Waals surface area (Å²) in [6.07, 6.45) is -4.59. The lowest BCUT2D eigenvalue weighted by Gasteiger charge is -2.13. The number of ether oxygens (including phenoxy) is 1. The van der Waals surface area contributed by atoms with Crippen molar-refractivity contribution in [2.24, 2.45) is 0 Å². The lowest BCUT2D eigenvalue weighted by atomic mass is 10.2. The standard InChI is InChI=1S/C17H17F3N2O4S/c18-17(19,20)14-8-4-5-9-15(14)26-12-16(23)21-10-11-22-27(24,25)13-6-2-1-3-7-13/h1-9,22H,10-12H2,(H,21,23). The maximum Gasteiger partial charge on any atom is 0.419 e. The van der Waals surface area contributed by atoms with Crippen molar-refractivity contribution in [1.82, 2.24) is 10.0 Å². The Bertz CT molecular complexity index is 871. The summed E-state index contributed by atoms with van der Waals surface area (Å²) in [5, 5.41) is 2.36. The van der Waals surface area contributed by atoms with Crippen molar-refractivity contribution in [3.63, 3.8) is 0 Å². The van der Waals surface area contributed by atoms with Crippen LogP contribution in [0.3, 0.4) is 0 Å². The van der Waals surface area contributed by atoms with Gasteiger partial charge in [0.15, 0.2) is 6.61 Å². The highest BCUT2D eigenvalue weighted by Crippen LogP contribution is 2.35. The van der Waals surface area contributed by atoms with Gasteiger partial charge >= 0.3 is 6.18 Å². The van der Waals surface area contributed by atoms with E-state index in [0.29, 0.717) is 0 Å². The first-order valence-electron chi connectivity index (χ1n) is 7.80. The molecule has 27 heavy (non-hydrogen) atoms. The summed E-state index contributed by atoms with van der Waals surface area (Å²) >= 11 is 0. The molecule has 0 radical (unpaired) electrons. The number of para-hydroxylation sites is 1. The molecule has 2 aromatic carbocycles. The van der Waals surface area contributed by atoms with Crippen LogP contribution in [-0.4, -0.2) is 34.0 Å². The summed E-state index contributed by atoms with van der Waals surface area (Å²) in [7, 11) is -3.69. The topological polar surface area (TPSA) is 84.5 Å². The number of sulfonamides is 1. The second-order valence-electron chi connectivity index (χ2n) is 5.34. The molecule has 1 amide bonds. The third kappa shape index (κ3) is 6.26. The number of amides is 1. The van der Waals surface area contributed by atoms with Crippen LogP contribution in [0.15, 0.2) is 59.5 Å². The Kier molecular flexibility index (Phi) is 6.81. The molecule has 146 valence electrons. The number of carbonyl (C=O) groups excluding carboxylic acids is 1. The fourth-order valence-electron chi connectivity index (χ4n) is 2.09. The first kappa shape index (κ1) is 20.7. The molecule has 0 aromatic heterocycles. The van der Waals surface area contributed by atoms with Crippen molar-refractivity contribution in [3.8, 4) is 5.75 Å². The van der Waals surface area contributed by atoms with Crippen LogP contribution >= 0.6 is 0 Å². The molecule has 10 heteroatoms. The SMILES string of the molecule is O=C(COc1ccccc1C(F)(F)F)NCCNS(=O)(=O)c1ccccc1. The average Bonchev–Trinajstić information content (AvgIpc) is 2.64. The summed E-state index contributed by atoms with van der Waals surface area (Å²) in [4.78, 5) is 11.8. The van der Waals surface area contributed by atoms with Crippen molar-refractivity contribution in [2.45, 2.75) is 11.1 Å². The molecule has 0 aliphatic carbocycles. The van der Waals surface area contributed by atoms with E-state index in [1.165, 1.54) is 24.3 Å². The third-order valence-electron chi connectivity index (χ3n) is 3.34. The second-order valence-corrected chi connectivity index (χ2v) is 7.11. The van der Waals surface area contributed by atoms with Gasteiger partial charge in [0, 0.05) is 13.1 Å². The Morgan fingerprint density at radius 2 is 1.59 bits per heavy atom. The Morgan fingerprint density at radius 1 is 0.963 bits per heavy atom. The molecule has 0 spiro atoms. The van der Waals surface area contributed by atoms with Crippen molar-refractivity contribution in [3.05, 3.63) is 60.2 Å². The van der Waals surface area contributed by atoms with Crippen molar-refractivity contribution in [1.29, 1.82) is 0 Å². The van der Waals surface area contributed by atoms with Crippen LogP contribution in [0.4, 0.5) is 13.2 Å². The van der Waals surface area contributed by atoms with E-state index in [0.717, 1.165) is 12.1 Å². The third-order valence-corrected chi connectivity index (χ3v) is 4.82. The first-order valence-corrected chi connectivity index (χ1v) is 9.29. The Hall–Kier alpha value is -2.59. The summed E-state index contributed by atoms with van der Waals surface area (Å²) in [6.45, 7) is -0.754. The highest BCUT2D eigenvalue weighted by atomic mass is 32.2. The van der Waals surface area contributed by atoms with E-state index in [4.69, 9.17) is 4.74 Å². The molecule has 0 aliphatic heterocycles. The van der Waals surface area contributed by atoms with E-state index in [-0.39, 0.29) is 18.0 Å². The largest absolute Gasteiger partial charge is 0.483 e. The number of alkyl halides is 3. The molecule has 0 saturated heterocycles. The molecule has 0 heterocycles. The van der Waals surface area contributed by atoms with Crippen LogP contribution < -0.4 is 14.8 Å². The van der Waals surface area contributed by atoms with Gasteiger partial charge in [0.2, 0.25) is 10.0 Å². The van der Waals surface area contributed by atoms with Gasteiger partial charge in [0.25, 0.3) is 5.91 Å². The van der Waals surface area contributed by atoms with Crippen molar-refractivity contribution in [2.75, 3.05) is 19.7 Å². The molecule has 2 aromatic rings. The first-order chi connectivity index (χ1) is 12.7. The van der Waals surface area contributed by atoms with Crippen molar-refractivity contribution < 1.29 is 31.1 Å². The molecular weight excluding hydrogens is 385 g/mol. The quantitative estimate of drug-likeness (QED) is 0.663. The van der Waals surface area contributed by atoms with Gasteiger partial charge < -0.3 is 10.1 Å². The van der Waals surface area contributed by atoms with Gasteiger partial charge in [-0.05, 0) is 24.3 Å². The zero-order valence-electron chi connectivity index (χ0n) is 14.0. The second kappa shape index (κ2) is 8.87. The Balaban J connectivity index is 1.78. The summed E-state index contributed by atoms with van der Waals surface area (Å²) in [5.74, 6) is -1.13. The van der Waals surface area contributed by atoms with E-state index in [9.17, 15) is 26.4 Å². The normalized spacial score (nSPS) is 11.8. The zero-order valence-corrected chi connectivity index (χ0v) is 14.8. The van der Waals surface area contributed by atoms with Gasteiger partial charge in [0.1, 0.15) is 5.75 Å². The van der Waals surface area contributed by atoms with Crippen molar-refractivity contribution >= 4 is 15.9 Å². The molecule has 2 N–H and O–H groups in total. The zero-order chi connectivity index (χ0) is 19.9. The number of hydrogen-bond donors (Lipinski definition) is 2. The number of halogens is 3. The Labute approximate surface area is 154 Å². The fraction of sp³-hybridized carbons (Fsp3) is 0.235. The molecule has 0 aliphatic rings. The minimum atomic E-state index is -4.59. The molecule has 0 saturated carbocycles. The molecule has 2 rings (SSSR count). The summed E-state index contributed by atoms with van der Waals surface area (Å²) in [5.41, 5.74) is -0.978. The number of nitrogens with one attached hydrogen (secondary N) is 2. The summed E-state index contributed by atoms with van der Waals surface area (Å²) < 4.78 is 69.6. The predicted molar refractivity (Wildman–Crippen MR) is 91.6 cm³/mol. The molecule has 0 bridgehead atoms.